The molecule has 0 aliphatic carbocycles. The molecule has 2 bridgehead atoms. The van der Waals surface area contributed by atoms with Gasteiger partial charge in [0, 0.05) is 18.9 Å². The van der Waals surface area contributed by atoms with Gasteiger partial charge in [-0.3, -0.25) is 14.6 Å². The summed E-state index contributed by atoms with van der Waals surface area (Å²) >= 11 is 0. The van der Waals surface area contributed by atoms with Crippen LogP contribution in [0.1, 0.15) is 11.3 Å². The van der Waals surface area contributed by atoms with E-state index in [4.69, 9.17) is 9.15 Å². The summed E-state index contributed by atoms with van der Waals surface area (Å²) in [6, 6.07) is 7.36. The Balaban J connectivity index is 1.34. The van der Waals surface area contributed by atoms with E-state index >= 15 is 0 Å². The molecule has 5 heterocycles. The smallest absolute Gasteiger partial charge is 0.230 e. The quantitative estimate of drug-likeness (QED) is 0.807. The lowest BCUT2D eigenvalue weighted by Crippen LogP contribution is -2.43. The molecule has 2 aromatic rings. The Bertz CT molecular complexity index is 895. The van der Waals surface area contributed by atoms with Gasteiger partial charge in [0.25, 0.3) is 0 Å². The molecule has 5 rings (SSSR count). The Hall–Kier alpha value is -2.93. The number of aromatic nitrogens is 1. The molecule has 4 atom stereocenters. The van der Waals surface area contributed by atoms with Gasteiger partial charge >= 0.3 is 0 Å². The second-order valence-electron chi connectivity index (χ2n) is 7.25. The first kappa shape index (κ1) is 16.3. The van der Waals surface area contributed by atoms with Gasteiger partial charge in [-0.25, -0.2) is 0 Å². The summed E-state index contributed by atoms with van der Waals surface area (Å²) in [6.07, 6.45) is 8.54. The highest BCUT2D eigenvalue weighted by molar-refractivity contribution is 5.93. The summed E-state index contributed by atoms with van der Waals surface area (Å²) in [7, 11) is 0. The minimum absolute atomic E-state index is 0.0381. The zero-order chi connectivity index (χ0) is 18.4. The van der Waals surface area contributed by atoms with E-state index in [1.807, 2.05) is 24.3 Å². The topological polar surface area (TPSA) is 84.7 Å². The van der Waals surface area contributed by atoms with E-state index < -0.39 is 17.4 Å². The molecule has 7 heteroatoms. The number of furan rings is 1. The number of amides is 2. The molecule has 1 spiro atoms. The second-order valence-corrected chi connectivity index (χ2v) is 7.25. The van der Waals surface area contributed by atoms with Crippen molar-refractivity contribution in [3.05, 3.63) is 66.4 Å². The molecule has 1 N–H and O–H groups in total. The summed E-state index contributed by atoms with van der Waals surface area (Å²) in [6.45, 7) is 1.22. The molecule has 2 saturated heterocycles. The van der Waals surface area contributed by atoms with Gasteiger partial charge in [-0.2, -0.15) is 0 Å². The summed E-state index contributed by atoms with van der Waals surface area (Å²) in [5.41, 5.74) is 0.260. The van der Waals surface area contributed by atoms with Gasteiger partial charge in [-0.1, -0.05) is 18.2 Å². The van der Waals surface area contributed by atoms with E-state index in [-0.39, 0.29) is 17.9 Å². The number of nitrogens with one attached hydrogen (secondary N) is 1. The third-order valence-electron chi connectivity index (χ3n) is 5.59. The molecular formula is C20H19N3O4. The fourth-order valence-electron chi connectivity index (χ4n) is 4.43. The van der Waals surface area contributed by atoms with Crippen LogP contribution in [-0.2, 0) is 27.4 Å². The second kappa shape index (κ2) is 6.06. The van der Waals surface area contributed by atoms with Gasteiger partial charge in [0.2, 0.25) is 11.8 Å². The van der Waals surface area contributed by atoms with Gasteiger partial charge in [-0.15, -0.1) is 0 Å². The molecular weight excluding hydrogens is 346 g/mol. The average molecular weight is 365 g/mol. The Morgan fingerprint density at radius 3 is 3.07 bits per heavy atom. The van der Waals surface area contributed by atoms with Crippen LogP contribution < -0.4 is 5.32 Å². The molecule has 138 valence electrons. The maximum Gasteiger partial charge on any atom is 0.230 e. The van der Waals surface area contributed by atoms with Crippen molar-refractivity contribution in [1.29, 1.82) is 0 Å². The average Bonchev–Trinajstić information content (AvgIpc) is 3.44. The molecule has 4 unspecified atom stereocenters. The lowest BCUT2D eigenvalue weighted by atomic mass is 9.77. The third kappa shape index (κ3) is 2.57. The first-order valence-corrected chi connectivity index (χ1v) is 9.01. The number of rotatable bonds is 5. The number of ether oxygens (including phenoxy) is 1. The van der Waals surface area contributed by atoms with E-state index in [2.05, 4.69) is 10.3 Å². The van der Waals surface area contributed by atoms with Crippen molar-refractivity contribution < 1.29 is 18.7 Å². The van der Waals surface area contributed by atoms with Crippen LogP contribution in [0, 0.1) is 11.8 Å². The zero-order valence-electron chi connectivity index (χ0n) is 14.6. The van der Waals surface area contributed by atoms with Crippen LogP contribution in [0.4, 0.5) is 0 Å². The predicted molar refractivity (Wildman–Crippen MR) is 93.9 cm³/mol. The molecule has 3 aliphatic rings. The molecule has 0 aromatic carbocycles. The largest absolute Gasteiger partial charge is 0.467 e. The van der Waals surface area contributed by atoms with Gasteiger partial charge in [0.1, 0.15) is 11.4 Å². The maximum absolute atomic E-state index is 13.1. The maximum atomic E-state index is 13.1. The molecule has 3 aliphatic heterocycles. The number of carbonyl (C=O) groups excluding carboxylic acids is 2. The number of nitrogens with zero attached hydrogens (tertiary/aromatic N) is 2. The van der Waals surface area contributed by atoms with Gasteiger partial charge in [0.05, 0.1) is 37.3 Å². The fourth-order valence-corrected chi connectivity index (χ4v) is 4.43. The van der Waals surface area contributed by atoms with Crippen LogP contribution in [0.5, 0.6) is 0 Å². The summed E-state index contributed by atoms with van der Waals surface area (Å²) in [5, 5.41) is 2.88. The predicted octanol–water partition coefficient (Wildman–Crippen LogP) is 1.27. The van der Waals surface area contributed by atoms with E-state index in [1.54, 1.807) is 35.7 Å². The van der Waals surface area contributed by atoms with Crippen LogP contribution in [0.2, 0.25) is 0 Å². The highest BCUT2D eigenvalue weighted by atomic mass is 16.5. The van der Waals surface area contributed by atoms with E-state index in [0.717, 1.165) is 5.56 Å². The van der Waals surface area contributed by atoms with E-state index in [9.17, 15) is 9.59 Å². The molecule has 2 amide bonds. The Morgan fingerprint density at radius 2 is 2.30 bits per heavy atom. The lowest BCUT2D eigenvalue weighted by Gasteiger charge is -2.23. The molecule has 27 heavy (non-hydrogen) atoms. The number of pyridine rings is 1. The highest BCUT2D eigenvalue weighted by Gasteiger charge is 2.66. The number of hydrogen-bond acceptors (Lipinski definition) is 5. The van der Waals surface area contributed by atoms with Crippen molar-refractivity contribution in [2.24, 2.45) is 11.8 Å². The molecule has 0 saturated carbocycles. The zero-order valence-corrected chi connectivity index (χ0v) is 14.6. The number of fused-ring (bicyclic) bond motifs is 1. The number of likely N-dealkylation sites (tertiary alicyclic amines) is 1. The minimum atomic E-state index is -0.698. The Kier molecular flexibility index (Phi) is 3.65. The summed E-state index contributed by atoms with van der Waals surface area (Å²) in [4.78, 5) is 31.8. The highest BCUT2D eigenvalue weighted by Crippen LogP contribution is 2.52. The van der Waals surface area contributed by atoms with Crippen LogP contribution >= 0.6 is 0 Å². The van der Waals surface area contributed by atoms with Crippen molar-refractivity contribution in [3.8, 4) is 0 Å². The number of hydrogen-bond donors (Lipinski definition) is 1. The Labute approximate surface area is 156 Å². The van der Waals surface area contributed by atoms with Crippen LogP contribution in [0.25, 0.3) is 0 Å². The summed E-state index contributed by atoms with van der Waals surface area (Å²) in [5.74, 6) is -0.543. The monoisotopic (exact) mass is 365 g/mol. The molecule has 2 aromatic heterocycles. The molecule has 7 nitrogen and oxygen atoms in total. The van der Waals surface area contributed by atoms with Gasteiger partial charge in [0.15, 0.2) is 0 Å². The lowest BCUT2D eigenvalue weighted by molar-refractivity contribution is -0.137. The minimum Gasteiger partial charge on any atom is -0.467 e. The van der Waals surface area contributed by atoms with E-state index in [0.29, 0.717) is 25.4 Å². The van der Waals surface area contributed by atoms with Crippen LogP contribution in [0.3, 0.4) is 0 Å². The van der Waals surface area contributed by atoms with Gasteiger partial charge < -0.3 is 19.4 Å². The first-order chi connectivity index (χ1) is 13.2. The summed E-state index contributed by atoms with van der Waals surface area (Å²) < 4.78 is 11.4. The standard InChI is InChI=1S/C20H19N3O4/c24-18(22-10-14-4-2-8-26-14)16-15-5-6-20(27-15)12-23(19(25)17(16)20)11-13-3-1-7-21-9-13/h1-9,15-17H,10-12H2,(H,22,24). The van der Waals surface area contributed by atoms with Crippen molar-refractivity contribution in [3.63, 3.8) is 0 Å². The fraction of sp³-hybridized carbons (Fsp3) is 0.350. The number of carbonyl (C=O) groups is 2. The van der Waals surface area contributed by atoms with Crippen LogP contribution in [0.15, 0.2) is 59.5 Å². The SMILES string of the molecule is O=C(NCc1ccco1)C1C2C=CC3(CN(Cc4cccnc4)C(=O)C13)O2. The van der Waals surface area contributed by atoms with Crippen LogP contribution in [-0.4, -0.2) is 39.9 Å². The van der Waals surface area contributed by atoms with Gasteiger partial charge in [-0.05, 0) is 23.8 Å². The van der Waals surface area contributed by atoms with E-state index in [1.165, 1.54) is 0 Å². The van der Waals surface area contributed by atoms with Crippen molar-refractivity contribution in [1.82, 2.24) is 15.2 Å². The van der Waals surface area contributed by atoms with Crippen molar-refractivity contribution in [2.45, 2.75) is 24.8 Å². The normalized spacial score (nSPS) is 30.7. The first-order valence-electron chi connectivity index (χ1n) is 9.01. The molecule has 0 radical (unpaired) electrons. The Morgan fingerprint density at radius 1 is 1.37 bits per heavy atom. The third-order valence-corrected chi connectivity index (χ3v) is 5.59. The van der Waals surface area contributed by atoms with Crippen molar-refractivity contribution in [2.75, 3.05) is 6.54 Å². The molecule has 2 fully saturated rings. The van der Waals surface area contributed by atoms with Crippen molar-refractivity contribution >= 4 is 11.8 Å².